The smallest absolute Gasteiger partial charge is 0.264 e. The number of thiophene rings is 1. The molecule has 0 bridgehead atoms. The molecule has 6 heteroatoms. The third kappa shape index (κ3) is 3.22. The van der Waals surface area contributed by atoms with Crippen molar-refractivity contribution >= 4 is 23.2 Å². The van der Waals surface area contributed by atoms with E-state index in [0.717, 1.165) is 24.3 Å². The van der Waals surface area contributed by atoms with Gasteiger partial charge in [0.15, 0.2) is 0 Å². The van der Waals surface area contributed by atoms with Gasteiger partial charge in [0, 0.05) is 19.1 Å². The van der Waals surface area contributed by atoms with Crippen molar-refractivity contribution in [3.05, 3.63) is 22.4 Å². The summed E-state index contributed by atoms with van der Waals surface area (Å²) in [6, 6.07) is 3.96. The molecule has 0 aliphatic carbocycles. The summed E-state index contributed by atoms with van der Waals surface area (Å²) in [5, 5.41) is 1.92. The number of likely N-dealkylation sites (N-methyl/N-ethyl adjacent to an activating group) is 1. The SMILES string of the molecule is CC(C)C[C@H]1C(=O)N2C[C@@H](N(C)C)C[C@H]2CN1C(=O)c1cccs1. The number of hydrogen-bond donors (Lipinski definition) is 0. The molecule has 1 aromatic rings. The van der Waals surface area contributed by atoms with Crippen LogP contribution >= 0.6 is 11.3 Å². The highest BCUT2D eigenvalue weighted by atomic mass is 32.1. The van der Waals surface area contributed by atoms with Crippen LogP contribution in [-0.4, -0.2) is 71.8 Å². The molecular weight excluding hydrogens is 322 g/mol. The van der Waals surface area contributed by atoms with Crippen LogP contribution in [0.4, 0.5) is 0 Å². The number of nitrogens with zero attached hydrogens (tertiary/aromatic N) is 3. The molecule has 0 N–H and O–H groups in total. The molecule has 2 aliphatic rings. The molecule has 5 nitrogen and oxygen atoms in total. The Kier molecular flexibility index (Phi) is 4.97. The second-order valence-electron chi connectivity index (χ2n) is 7.58. The summed E-state index contributed by atoms with van der Waals surface area (Å²) in [4.78, 5) is 32.9. The highest BCUT2D eigenvalue weighted by molar-refractivity contribution is 7.12. The molecule has 0 saturated carbocycles. The number of hydrogen-bond acceptors (Lipinski definition) is 4. The standard InChI is InChI=1S/C18H27N3O2S/c1-12(2)8-15-17(22)20-10-13(19(3)4)9-14(20)11-21(15)18(23)16-6-5-7-24-16/h5-7,12-15H,8-11H2,1-4H3/t13-,14-,15-/m0/s1. The lowest BCUT2D eigenvalue weighted by Crippen LogP contribution is -2.61. The van der Waals surface area contributed by atoms with E-state index in [9.17, 15) is 9.59 Å². The zero-order valence-corrected chi connectivity index (χ0v) is 15.8. The predicted octanol–water partition coefficient (Wildman–Crippen LogP) is 2.15. The van der Waals surface area contributed by atoms with Gasteiger partial charge in [0.05, 0.1) is 10.9 Å². The van der Waals surface area contributed by atoms with Crippen LogP contribution in [0.15, 0.2) is 17.5 Å². The lowest BCUT2D eigenvalue weighted by molar-refractivity contribution is -0.142. The number of fused-ring (bicyclic) bond motifs is 1. The fourth-order valence-electron chi connectivity index (χ4n) is 3.83. The molecule has 0 aromatic carbocycles. The van der Waals surface area contributed by atoms with Gasteiger partial charge in [-0.3, -0.25) is 9.59 Å². The Morgan fingerprint density at radius 2 is 2.12 bits per heavy atom. The van der Waals surface area contributed by atoms with Gasteiger partial charge in [-0.2, -0.15) is 0 Å². The molecule has 2 saturated heterocycles. The van der Waals surface area contributed by atoms with Crippen LogP contribution in [0.1, 0.15) is 36.4 Å². The van der Waals surface area contributed by atoms with Gasteiger partial charge in [-0.05, 0) is 44.3 Å². The maximum Gasteiger partial charge on any atom is 0.264 e. The van der Waals surface area contributed by atoms with Crippen molar-refractivity contribution in [1.29, 1.82) is 0 Å². The molecule has 2 aliphatic heterocycles. The molecule has 0 radical (unpaired) electrons. The molecule has 132 valence electrons. The van der Waals surface area contributed by atoms with Crippen LogP contribution in [0.3, 0.4) is 0 Å². The zero-order chi connectivity index (χ0) is 17.4. The normalized spacial score (nSPS) is 27.2. The van der Waals surface area contributed by atoms with Gasteiger partial charge in [-0.25, -0.2) is 0 Å². The first-order chi connectivity index (χ1) is 11.4. The van der Waals surface area contributed by atoms with E-state index in [2.05, 4.69) is 32.8 Å². The minimum Gasteiger partial charge on any atom is -0.335 e. The zero-order valence-electron chi connectivity index (χ0n) is 14.9. The second kappa shape index (κ2) is 6.84. The molecule has 3 atom stereocenters. The van der Waals surface area contributed by atoms with Gasteiger partial charge in [-0.1, -0.05) is 19.9 Å². The Bertz CT molecular complexity index is 599. The lowest BCUT2D eigenvalue weighted by Gasteiger charge is -2.43. The van der Waals surface area contributed by atoms with Crippen molar-refractivity contribution < 1.29 is 9.59 Å². The number of carbonyl (C=O) groups is 2. The first-order valence-corrected chi connectivity index (χ1v) is 9.57. The molecule has 3 rings (SSSR count). The average molecular weight is 350 g/mol. The molecule has 2 fully saturated rings. The van der Waals surface area contributed by atoms with E-state index >= 15 is 0 Å². The fraction of sp³-hybridized carbons (Fsp3) is 0.667. The van der Waals surface area contributed by atoms with Crippen molar-refractivity contribution in [2.24, 2.45) is 5.92 Å². The molecule has 2 amide bonds. The van der Waals surface area contributed by atoms with Gasteiger partial charge >= 0.3 is 0 Å². The van der Waals surface area contributed by atoms with Gasteiger partial charge in [-0.15, -0.1) is 11.3 Å². The van der Waals surface area contributed by atoms with Crippen LogP contribution in [-0.2, 0) is 4.79 Å². The van der Waals surface area contributed by atoms with Gasteiger partial charge in [0.2, 0.25) is 5.91 Å². The van der Waals surface area contributed by atoms with Crippen molar-refractivity contribution in [3.63, 3.8) is 0 Å². The summed E-state index contributed by atoms with van der Waals surface area (Å²) in [5.74, 6) is 0.521. The molecule has 0 spiro atoms. The Labute approximate surface area is 148 Å². The molecule has 24 heavy (non-hydrogen) atoms. The van der Waals surface area contributed by atoms with E-state index in [-0.39, 0.29) is 23.9 Å². The maximum atomic E-state index is 13.1. The van der Waals surface area contributed by atoms with Crippen molar-refractivity contribution in [2.45, 2.75) is 44.8 Å². The Balaban J connectivity index is 1.86. The highest BCUT2D eigenvalue weighted by Gasteiger charge is 2.47. The Hall–Kier alpha value is -1.40. The number of amides is 2. The van der Waals surface area contributed by atoms with Gasteiger partial charge in [0.1, 0.15) is 6.04 Å². The Morgan fingerprint density at radius 3 is 2.71 bits per heavy atom. The largest absolute Gasteiger partial charge is 0.335 e. The van der Waals surface area contributed by atoms with Crippen LogP contribution < -0.4 is 0 Å². The summed E-state index contributed by atoms with van der Waals surface area (Å²) >= 11 is 1.45. The first-order valence-electron chi connectivity index (χ1n) is 8.69. The van der Waals surface area contributed by atoms with Crippen molar-refractivity contribution in [3.8, 4) is 0 Å². The van der Waals surface area contributed by atoms with E-state index in [0.29, 0.717) is 18.5 Å². The second-order valence-corrected chi connectivity index (χ2v) is 8.53. The van der Waals surface area contributed by atoms with Gasteiger partial charge in [0.25, 0.3) is 5.91 Å². The summed E-state index contributed by atoms with van der Waals surface area (Å²) in [6.07, 6.45) is 1.67. The first kappa shape index (κ1) is 17.4. The maximum absolute atomic E-state index is 13.1. The highest BCUT2D eigenvalue weighted by Crippen LogP contribution is 2.31. The molecule has 0 unspecified atom stereocenters. The van der Waals surface area contributed by atoms with Crippen molar-refractivity contribution in [1.82, 2.24) is 14.7 Å². The van der Waals surface area contributed by atoms with E-state index < -0.39 is 0 Å². The topological polar surface area (TPSA) is 43.9 Å². The average Bonchev–Trinajstić information content (AvgIpc) is 3.17. The summed E-state index contributed by atoms with van der Waals surface area (Å²) in [5.41, 5.74) is 0. The third-order valence-electron chi connectivity index (χ3n) is 5.16. The van der Waals surface area contributed by atoms with E-state index in [1.807, 2.05) is 27.3 Å². The molecule has 1 aromatic heterocycles. The minimum atomic E-state index is -0.322. The van der Waals surface area contributed by atoms with Crippen LogP contribution in [0.5, 0.6) is 0 Å². The van der Waals surface area contributed by atoms with Crippen molar-refractivity contribution in [2.75, 3.05) is 27.2 Å². The quantitative estimate of drug-likeness (QED) is 0.837. The summed E-state index contributed by atoms with van der Waals surface area (Å²) < 4.78 is 0. The molecule has 3 heterocycles. The lowest BCUT2D eigenvalue weighted by atomic mass is 9.97. The predicted molar refractivity (Wildman–Crippen MR) is 96.2 cm³/mol. The van der Waals surface area contributed by atoms with Gasteiger partial charge < -0.3 is 14.7 Å². The fourth-order valence-corrected chi connectivity index (χ4v) is 4.51. The number of rotatable bonds is 4. The van der Waals surface area contributed by atoms with Crippen LogP contribution in [0.25, 0.3) is 0 Å². The third-order valence-corrected chi connectivity index (χ3v) is 6.02. The van der Waals surface area contributed by atoms with Crippen LogP contribution in [0, 0.1) is 5.92 Å². The monoisotopic (exact) mass is 349 g/mol. The summed E-state index contributed by atoms with van der Waals surface area (Å²) in [7, 11) is 4.13. The van der Waals surface area contributed by atoms with E-state index in [1.54, 1.807) is 0 Å². The number of carbonyl (C=O) groups excluding carboxylic acids is 2. The Morgan fingerprint density at radius 1 is 1.38 bits per heavy atom. The summed E-state index contributed by atoms with van der Waals surface area (Å²) in [6.45, 7) is 5.66. The number of piperazine rings is 1. The molecular formula is C18H27N3O2S. The van der Waals surface area contributed by atoms with E-state index in [1.165, 1.54) is 11.3 Å². The van der Waals surface area contributed by atoms with Crippen LogP contribution in [0.2, 0.25) is 0 Å². The minimum absolute atomic E-state index is 0.0111. The van der Waals surface area contributed by atoms with E-state index in [4.69, 9.17) is 0 Å².